The SMILES string of the molecule is O=C(Cc1ccccc1)N[C@@H]1C(=O)N2C(C(=O)OCc3ccc([N+](=O)[O-])cc3)C(Cl)=CS[C@H]12. The van der Waals surface area contributed by atoms with E-state index >= 15 is 0 Å². The zero-order chi connectivity index (χ0) is 23.5. The van der Waals surface area contributed by atoms with Gasteiger partial charge >= 0.3 is 5.97 Å². The number of nitro groups is 1. The number of fused-ring (bicyclic) bond motifs is 1. The minimum absolute atomic E-state index is 0.0743. The molecule has 0 radical (unpaired) electrons. The highest BCUT2D eigenvalue weighted by atomic mass is 35.5. The van der Waals surface area contributed by atoms with Crippen LogP contribution in [0.4, 0.5) is 5.69 Å². The van der Waals surface area contributed by atoms with Gasteiger partial charge in [-0.3, -0.25) is 19.7 Å². The highest BCUT2D eigenvalue weighted by Gasteiger charge is 2.56. The Morgan fingerprint density at radius 3 is 2.48 bits per heavy atom. The zero-order valence-corrected chi connectivity index (χ0v) is 18.6. The molecule has 9 nitrogen and oxygen atoms in total. The van der Waals surface area contributed by atoms with E-state index in [4.69, 9.17) is 16.3 Å². The van der Waals surface area contributed by atoms with E-state index in [2.05, 4.69) is 5.32 Å². The minimum Gasteiger partial charge on any atom is -0.459 e. The molecule has 11 heteroatoms. The van der Waals surface area contributed by atoms with Crippen molar-refractivity contribution in [1.29, 1.82) is 0 Å². The van der Waals surface area contributed by atoms with Crippen molar-refractivity contribution in [3.8, 4) is 0 Å². The average molecular weight is 488 g/mol. The fraction of sp³-hybridized carbons (Fsp3) is 0.227. The second kappa shape index (κ2) is 9.63. The van der Waals surface area contributed by atoms with E-state index in [1.54, 1.807) is 5.41 Å². The first-order chi connectivity index (χ1) is 15.8. The molecule has 1 saturated heterocycles. The first-order valence-corrected chi connectivity index (χ1v) is 11.2. The van der Waals surface area contributed by atoms with Crippen molar-refractivity contribution < 1.29 is 24.0 Å². The summed E-state index contributed by atoms with van der Waals surface area (Å²) in [7, 11) is 0. The Morgan fingerprint density at radius 1 is 1.12 bits per heavy atom. The number of β-lactam (4-membered cyclic amide) rings is 1. The van der Waals surface area contributed by atoms with Crippen LogP contribution in [-0.2, 0) is 32.1 Å². The number of thioether (sulfide) groups is 1. The maximum absolute atomic E-state index is 12.8. The Kier molecular flexibility index (Phi) is 6.66. The quantitative estimate of drug-likeness (QED) is 0.276. The second-order valence-electron chi connectivity index (χ2n) is 7.42. The number of benzene rings is 2. The summed E-state index contributed by atoms with van der Waals surface area (Å²) in [4.78, 5) is 49.4. The number of amides is 2. The van der Waals surface area contributed by atoms with Crippen molar-refractivity contribution in [3.05, 3.63) is 86.3 Å². The number of rotatable bonds is 7. The molecular weight excluding hydrogens is 470 g/mol. The van der Waals surface area contributed by atoms with Crippen LogP contribution in [0.1, 0.15) is 11.1 Å². The molecule has 0 aromatic heterocycles. The van der Waals surface area contributed by atoms with Gasteiger partial charge in [0.1, 0.15) is 18.0 Å². The summed E-state index contributed by atoms with van der Waals surface area (Å²) >= 11 is 7.46. The number of hydrogen-bond donors (Lipinski definition) is 1. The van der Waals surface area contributed by atoms with Gasteiger partial charge in [0.2, 0.25) is 11.8 Å². The van der Waals surface area contributed by atoms with Gasteiger partial charge in [-0.2, -0.15) is 0 Å². The van der Waals surface area contributed by atoms with Crippen LogP contribution in [0, 0.1) is 10.1 Å². The standard InChI is InChI=1S/C22H18ClN3O6S/c23-16-12-33-21-18(24-17(27)10-13-4-2-1-3-5-13)20(28)25(21)19(16)22(29)32-11-14-6-8-15(9-7-14)26(30)31/h1-9,12,18-19,21H,10-11H2,(H,24,27)/t18-,19?,21-/m1/s1. The van der Waals surface area contributed by atoms with Crippen LogP contribution in [0.2, 0.25) is 0 Å². The third-order valence-corrected chi connectivity index (χ3v) is 6.83. The van der Waals surface area contributed by atoms with Crippen molar-refractivity contribution in [2.24, 2.45) is 0 Å². The summed E-state index contributed by atoms with van der Waals surface area (Å²) < 4.78 is 5.31. The Morgan fingerprint density at radius 2 is 1.82 bits per heavy atom. The molecule has 2 aliphatic heterocycles. The fourth-order valence-electron chi connectivity index (χ4n) is 3.55. The van der Waals surface area contributed by atoms with E-state index in [9.17, 15) is 24.5 Å². The van der Waals surface area contributed by atoms with Crippen LogP contribution >= 0.6 is 23.4 Å². The summed E-state index contributed by atoms with van der Waals surface area (Å²) in [5.41, 5.74) is 1.30. The van der Waals surface area contributed by atoms with Crippen molar-refractivity contribution in [2.75, 3.05) is 0 Å². The Hall–Kier alpha value is -3.37. The monoisotopic (exact) mass is 487 g/mol. The average Bonchev–Trinajstić information content (AvgIpc) is 2.81. The molecule has 2 amide bonds. The number of ether oxygens (including phenoxy) is 1. The lowest BCUT2D eigenvalue weighted by Crippen LogP contribution is -2.73. The summed E-state index contributed by atoms with van der Waals surface area (Å²) in [6, 6.07) is 12.9. The number of carbonyl (C=O) groups is 3. The first-order valence-electron chi connectivity index (χ1n) is 9.91. The Balaban J connectivity index is 1.37. The van der Waals surface area contributed by atoms with Crippen LogP contribution in [-0.4, -0.2) is 45.1 Å². The van der Waals surface area contributed by atoms with Crippen molar-refractivity contribution >= 4 is 46.8 Å². The topological polar surface area (TPSA) is 119 Å². The van der Waals surface area contributed by atoms with Gasteiger partial charge in [-0.25, -0.2) is 4.79 Å². The number of nitrogens with zero attached hydrogens (tertiary/aromatic N) is 2. The van der Waals surface area contributed by atoms with Crippen LogP contribution in [0.3, 0.4) is 0 Å². The number of esters is 1. The van der Waals surface area contributed by atoms with E-state index in [0.29, 0.717) is 5.56 Å². The molecule has 1 unspecified atom stereocenters. The lowest BCUT2D eigenvalue weighted by atomic mass is 10.0. The third-order valence-electron chi connectivity index (χ3n) is 5.21. The van der Waals surface area contributed by atoms with Crippen molar-refractivity contribution in [2.45, 2.75) is 30.5 Å². The molecule has 1 fully saturated rings. The highest BCUT2D eigenvalue weighted by molar-refractivity contribution is 8.03. The van der Waals surface area contributed by atoms with E-state index < -0.39 is 34.3 Å². The molecule has 2 aromatic carbocycles. The Bertz CT molecular complexity index is 1120. The molecule has 0 bridgehead atoms. The molecular formula is C22H18ClN3O6S. The molecule has 2 heterocycles. The lowest BCUT2D eigenvalue weighted by Gasteiger charge is -2.50. The molecule has 2 aromatic rings. The van der Waals surface area contributed by atoms with Crippen LogP contribution in [0.5, 0.6) is 0 Å². The van der Waals surface area contributed by atoms with E-state index in [1.807, 2.05) is 30.3 Å². The minimum atomic E-state index is -1.11. The van der Waals surface area contributed by atoms with Gasteiger partial charge < -0.3 is 15.0 Å². The molecule has 0 aliphatic carbocycles. The molecule has 2 aliphatic rings. The summed E-state index contributed by atoms with van der Waals surface area (Å²) in [5, 5.41) is 14.7. The lowest BCUT2D eigenvalue weighted by molar-refractivity contribution is -0.384. The maximum Gasteiger partial charge on any atom is 0.334 e. The van der Waals surface area contributed by atoms with Crippen molar-refractivity contribution in [1.82, 2.24) is 10.2 Å². The fourth-order valence-corrected chi connectivity index (χ4v) is 4.99. The molecule has 0 saturated carbocycles. The molecule has 33 heavy (non-hydrogen) atoms. The van der Waals surface area contributed by atoms with Crippen LogP contribution in [0.25, 0.3) is 0 Å². The van der Waals surface area contributed by atoms with E-state index in [-0.39, 0.29) is 29.7 Å². The molecule has 4 rings (SSSR count). The predicted octanol–water partition coefficient (Wildman–Crippen LogP) is 2.73. The maximum atomic E-state index is 12.8. The predicted molar refractivity (Wildman–Crippen MR) is 121 cm³/mol. The van der Waals surface area contributed by atoms with Gasteiger partial charge in [0, 0.05) is 12.1 Å². The van der Waals surface area contributed by atoms with Gasteiger partial charge in [0.25, 0.3) is 5.69 Å². The number of hydrogen-bond acceptors (Lipinski definition) is 7. The van der Waals surface area contributed by atoms with Gasteiger partial charge in [-0.1, -0.05) is 41.9 Å². The molecule has 170 valence electrons. The van der Waals surface area contributed by atoms with Crippen LogP contribution < -0.4 is 5.32 Å². The zero-order valence-electron chi connectivity index (χ0n) is 17.0. The molecule has 3 atom stereocenters. The number of carbonyl (C=O) groups excluding carboxylic acids is 3. The second-order valence-corrected chi connectivity index (χ2v) is 8.84. The first kappa shape index (κ1) is 22.8. The smallest absolute Gasteiger partial charge is 0.334 e. The largest absolute Gasteiger partial charge is 0.459 e. The van der Waals surface area contributed by atoms with Crippen LogP contribution in [0.15, 0.2) is 65.0 Å². The number of non-ortho nitro benzene ring substituents is 1. The Labute approximate surface area is 197 Å². The number of nitrogens with one attached hydrogen (secondary N) is 1. The van der Waals surface area contributed by atoms with Crippen molar-refractivity contribution in [3.63, 3.8) is 0 Å². The third kappa shape index (κ3) is 4.86. The normalized spacial score (nSPS) is 21.4. The van der Waals surface area contributed by atoms with Gasteiger partial charge in [-0.05, 0) is 28.7 Å². The van der Waals surface area contributed by atoms with E-state index in [1.165, 1.54) is 40.9 Å². The number of halogens is 1. The summed E-state index contributed by atoms with van der Waals surface area (Å²) in [6.07, 6.45) is 0.138. The number of nitro benzene ring substituents is 1. The highest BCUT2D eigenvalue weighted by Crippen LogP contribution is 2.41. The summed E-state index contributed by atoms with van der Waals surface area (Å²) in [6.45, 7) is -0.130. The van der Waals surface area contributed by atoms with Gasteiger partial charge in [-0.15, -0.1) is 11.8 Å². The molecule has 0 spiro atoms. The van der Waals surface area contributed by atoms with Gasteiger partial charge in [0.05, 0.1) is 16.4 Å². The summed E-state index contributed by atoms with van der Waals surface area (Å²) in [5.74, 6) is -1.43. The van der Waals surface area contributed by atoms with Gasteiger partial charge in [0.15, 0.2) is 6.04 Å². The molecule has 1 N–H and O–H groups in total. The van der Waals surface area contributed by atoms with E-state index in [0.717, 1.165) is 5.56 Å².